The van der Waals surface area contributed by atoms with E-state index in [1.807, 2.05) is 19.9 Å². The van der Waals surface area contributed by atoms with E-state index in [-0.39, 0.29) is 12.5 Å². The summed E-state index contributed by atoms with van der Waals surface area (Å²) in [5, 5.41) is 3.06. The maximum Gasteiger partial charge on any atom is 0.241 e. The largest absolute Gasteiger partial charge is 0.497 e. The molecular formula is C13H21N3O2. The van der Waals surface area contributed by atoms with Gasteiger partial charge in [0.2, 0.25) is 5.91 Å². The van der Waals surface area contributed by atoms with Crippen LogP contribution in [-0.2, 0) is 4.79 Å². The number of methoxy groups -OCH3 is 1. The molecule has 0 saturated heterocycles. The summed E-state index contributed by atoms with van der Waals surface area (Å²) in [6.07, 6.45) is 0. The van der Waals surface area contributed by atoms with Crippen molar-refractivity contribution >= 4 is 17.3 Å². The van der Waals surface area contributed by atoms with Crippen molar-refractivity contribution < 1.29 is 9.53 Å². The van der Waals surface area contributed by atoms with E-state index in [4.69, 9.17) is 10.5 Å². The molecule has 5 nitrogen and oxygen atoms in total. The van der Waals surface area contributed by atoms with Crippen molar-refractivity contribution in [2.24, 2.45) is 0 Å². The first kappa shape index (κ1) is 14.2. The molecule has 1 aromatic rings. The van der Waals surface area contributed by atoms with E-state index >= 15 is 0 Å². The van der Waals surface area contributed by atoms with E-state index in [0.717, 1.165) is 18.8 Å². The Morgan fingerprint density at radius 1 is 1.33 bits per heavy atom. The van der Waals surface area contributed by atoms with Crippen molar-refractivity contribution in [2.45, 2.75) is 13.8 Å². The molecule has 0 aromatic heterocycles. The highest BCUT2D eigenvalue weighted by Gasteiger charge is 2.09. The van der Waals surface area contributed by atoms with Crippen molar-refractivity contribution in [3.8, 4) is 5.75 Å². The number of nitrogen functional groups attached to an aromatic ring is 1. The lowest BCUT2D eigenvalue weighted by Gasteiger charge is -2.19. The maximum atomic E-state index is 11.8. The third-order valence-electron chi connectivity index (χ3n) is 2.72. The average Bonchev–Trinajstić information content (AvgIpc) is 2.37. The van der Waals surface area contributed by atoms with Gasteiger partial charge in [-0.1, -0.05) is 0 Å². The Morgan fingerprint density at radius 2 is 2.00 bits per heavy atom. The monoisotopic (exact) mass is 251 g/mol. The first-order valence-corrected chi connectivity index (χ1v) is 6.06. The van der Waals surface area contributed by atoms with Crippen molar-refractivity contribution in [3.05, 3.63) is 18.2 Å². The number of rotatable bonds is 6. The zero-order chi connectivity index (χ0) is 13.5. The number of nitrogens with one attached hydrogen (secondary N) is 1. The zero-order valence-corrected chi connectivity index (χ0v) is 11.2. The van der Waals surface area contributed by atoms with Gasteiger partial charge in [0.25, 0.3) is 0 Å². The molecule has 0 fully saturated rings. The highest BCUT2D eigenvalue weighted by atomic mass is 16.5. The molecule has 0 heterocycles. The van der Waals surface area contributed by atoms with E-state index < -0.39 is 0 Å². The van der Waals surface area contributed by atoms with Gasteiger partial charge in [0.05, 0.1) is 13.7 Å². The lowest BCUT2D eigenvalue weighted by atomic mass is 10.2. The molecule has 1 aromatic carbocycles. The van der Waals surface area contributed by atoms with Gasteiger partial charge in [-0.3, -0.25) is 4.79 Å². The van der Waals surface area contributed by atoms with Crippen molar-refractivity contribution in [1.29, 1.82) is 0 Å². The summed E-state index contributed by atoms with van der Waals surface area (Å²) in [4.78, 5) is 13.6. The molecule has 3 N–H and O–H groups in total. The van der Waals surface area contributed by atoms with Crippen LogP contribution in [0.3, 0.4) is 0 Å². The normalized spacial score (nSPS) is 9.94. The van der Waals surface area contributed by atoms with Gasteiger partial charge in [-0.25, -0.2) is 0 Å². The second-order valence-electron chi connectivity index (χ2n) is 3.91. The molecule has 0 saturated carbocycles. The van der Waals surface area contributed by atoms with Gasteiger partial charge in [0.1, 0.15) is 5.75 Å². The topological polar surface area (TPSA) is 67.6 Å². The smallest absolute Gasteiger partial charge is 0.241 e. The molecule has 0 atom stereocenters. The van der Waals surface area contributed by atoms with Crippen LogP contribution in [0.1, 0.15) is 13.8 Å². The summed E-state index contributed by atoms with van der Waals surface area (Å²) in [5.41, 5.74) is 7.13. The molecule has 1 rings (SSSR count). The third-order valence-corrected chi connectivity index (χ3v) is 2.72. The molecule has 0 bridgehead atoms. The Hall–Kier alpha value is -1.91. The van der Waals surface area contributed by atoms with Crippen LogP contribution in [0.4, 0.5) is 11.4 Å². The van der Waals surface area contributed by atoms with E-state index in [1.54, 1.807) is 24.1 Å². The quantitative estimate of drug-likeness (QED) is 0.753. The molecule has 100 valence electrons. The summed E-state index contributed by atoms with van der Waals surface area (Å²) in [5.74, 6) is 0.745. The molecule has 0 radical (unpaired) electrons. The molecule has 0 spiro atoms. The Bertz CT molecular complexity index is 403. The molecule has 1 amide bonds. The lowest BCUT2D eigenvalue weighted by molar-refractivity contribution is -0.128. The Kier molecular flexibility index (Phi) is 5.30. The first-order valence-electron chi connectivity index (χ1n) is 6.06. The highest BCUT2D eigenvalue weighted by molar-refractivity contribution is 5.81. The minimum Gasteiger partial charge on any atom is -0.497 e. The number of carbonyl (C=O) groups is 1. The van der Waals surface area contributed by atoms with Crippen LogP contribution in [0.5, 0.6) is 5.75 Å². The number of ether oxygens (including phenoxy) is 1. The number of benzene rings is 1. The van der Waals surface area contributed by atoms with Crippen LogP contribution in [0.25, 0.3) is 0 Å². The van der Waals surface area contributed by atoms with E-state index in [2.05, 4.69) is 5.32 Å². The zero-order valence-electron chi connectivity index (χ0n) is 11.2. The van der Waals surface area contributed by atoms with Gasteiger partial charge in [-0.05, 0) is 19.9 Å². The number of nitrogens with two attached hydrogens (primary N) is 1. The number of carbonyl (C=O) groups excluding carboxylic acids is 1. The fourth-order valence-electron chi connectivity index (χ4n) is 1.71. The van der Waals surface area contributed by atoms with Crippen molar-refractivity contribution in [2.75, 3.05) is 37.8 Å². The summed E-state index contributed by atoms with van der Waals surface area (Å²) >= 11 is 0. The molecule has 18 heavy (non-hydrogen) atoms. The summed E-state index contributed by atoms with van der Waals surface area (Å²) in [6.45, 7) is 5.62. The molecule has 0 aliphatic heterocycles. The molecule has 0 unspecified atom stereocenters. The third kappa shape index (κ3) is 3.84. The summed E-state index contributed by atoms with van der Waals surface area (Å²) < 4.78 is 5.12. The number of likely N-dealkylation sites (N-methyl/N-ethyl adjacent to an activating group) is 1. The molecule has 5 heteroatoms. The van der Waals surface area contributed by atoms with Crippen LogP contribution in [0.15, 0.2) is 18.2 Å². The Balaban J connectivity index is 2.63. The van der Waals surface area contributed by atoms with Gasteiger partial charge < -0.3 is 20.7 Å². The summed E-state index contributed by atoms with van der Waals surface area (Å²) in [6, 6.07) is 5.32. The minimum atomic E-state index is 0.0707. The number of hydrogen-bond donors (Lipinski definition) is 2. The van der Waals surface area contributed by atoms with Gasteiger partial charge in [0.15, 0.2) is 0 Å². The van der Waals surface area contributed by atoms with Crippen LogP contribution < -0.4 is 15.8 Å². The first-order chi connectivity index (χ1) is 8.60. The van der Waals surface area contributed by atoms with Crippen LogP contribution >= 0.6 is 0 Å². The number of hydrogen-bond acceptors (Lipinski definition) is 4. The minimum absolute atomic E-state index is 0.0707. The van der Waals surface area contributed by atoms with Crippen LogP contribution in [0, 0.1) is 0 Å². The number of anilines is 2. The van der Waals surface area contributed by atoms with E-state index in [9.17, 15) is 4.79 Å². The maximum absolute atomic E-state index is 11.8. The second-order valence-corrected chi connectivity index (χ2v) is 3.91. The number of nitrogens with zero attached hydrogens (tertiary/aromatic N) is 1. The highest BCUT2D eigenvalue weighted by Crippen LogP contribution is 2.21. The molecule has 0 aliphatic rings. The second kappa shape index (κ2) is 6.74. The summed E-state index contributed by atoms with van der Waals surface area (Å²) in [7, 11) is 1.58. The fraction of sp³-hybridized carbons (Fsp3) is 0.462. The van der Waals surface area contributed by atoms with E-state index in [0.29, 0.717) is 11.4 Å². The van der Waals surface area contributed by atoms with Gasteiger partial charge in [0, 0.05) is 36.6 Å². The Labute approximate surface area is 108 Å². The lowest BCUT2D eigenvalue weighted by Crippen LogP contribution is -2.35. The van der Waals surface area contributed by atoms with Gasteiger partial charge in [-0.15, -0.1) is 0 Å². The predicted molar refractivity (Wildman–Crippen MR) is 73.8 cm³/mol. The fourth-order valence-corrected chi connectivity index (χ4v) is 1.71. The molecular weight excluding hydrogens is 230 g/mol. The van der Waals surface area contributed by atoms with Gasteiger partial charge >= 0.3 is 0 Å². The van der Waals surface area contributed by atoms with Crippen molar-refractivity contribution in [3.63, 3.8) is 0 Å². The van der Waals surface area contributed by atoms with Crippen molar-refractivity contribution in [1.82, 2.24) is 4.90 Å². The van der Waals surface area contributed by atoms with Crippen LogP contribution in [-0.4, -0.2) is 37.6 Å². The number of amides is 1. The van der Waals surface area contributed by atoms with E-state index in [1.165, 1.54) is 0 Å². The SMILES string of the molecule is CCN(CC)C(=O)CNc1cc(N)cc(OC)c1. The average molecular weight is 251 g/mol. The van der Waals surface area contributed by atoms with Crippen LogP contribution in [0.2, 0.25) is 0 Å². The molecule has 0 aliphatic carbocycles. The van der Waals surface area contributed by atoms with Gasteiger partial charge in [-0.2, -0.15) is 0 Å². The predicted octanol–water partition coefficient (Wildman–Crippen LogP) is 1.56. The Morgan fingerprint density at radius 3 is 2.56 bits per heavy atom. The standard InChI is InChI=1S/C13H21N3O2/c1-4-16(5-2)13(17)9-15-11-6-10(14)7-12(8-11)18-3/h6-8,15H,4-5,9,14H2,1-3H3.